The van der Waals surface area contributed by atoms with Gasteiger partial charge in [0.2, 0.25) is 0 Å². The van der Waals surface area contributed by atoms with E-state index in [-0.39, 0.29) is 53.0 Å². The van der Waals surface area contributed by atoms with Crippen LogP contribution in [0, 0.1) is 29.1 Å². The number of hydrogen-bond donors (Lipinski definition) is 1. The zero-order valence-electron chi connectivity index (χ0n) is 22.3. The molecule has 1 fully saturated rings. The molecule has 1 aliphatic rings. The molecule has 0 bridgehead atoms. The first-order valence-electron chi connectivity index (χ1n) is 12.7. The molecular formula is C31H27F5N2O3. The topological polar surface area (TPSA) is 58.6 Å². The highest BCUT2D eigenvalue weighted by Gasteiger charge is 2.29. The van der Waals surface area contributed by atoms with E-state index >= 15 is 0 Å². The predicted octanol–water partition coefficient (Wildman–Crippen LogP) is 5.95. The van der Waals surface area contributed by atoms with Crippen molar-refractivity contribution in [2.24, 2.45) is 0 Å². The summed E-state index contributed by atoms with van der Waals surface area (Å²) in [5, 5.41) is 2.78. The Morgan fingerprint density at radius 2 is 1.39 bits per heavy atom. The van der Waals surface area contributed by atoms with E-state index in [2.05, 4.69) is 5.32 Å². The Balaban J connectivity index is 1.59. The summed E-state index contributed by atoms with van der Waals surface area (Å²) in [6, 6.07) is 9.46. The number of ketones is 1. The molecule has 4 rings (SSSR count). The van der Waals surface area contributed by atoms with Gasteiger partial charge in [-0.2, -0.15) is 0 Å². The SMILES string of the molecule is CN(C)CCOc1ccc(C(=O)NC2CC(=Cc3ccc(F)c(F)c3)C(=O)C(=Cc3ccc(F)c(F)c3)C2)cc1F. The first kappa shape index (κ1) is 29.7. The average Bonchev–Trinajstić information content (AvgIpc) is 2.91. The van der Waals surface area contributed by atoms with Gasteiger partial charge in [-0.15, -0.1) is 0 Å². The number of carbonyl (C=O) groups is 2. The zero-order valence-corrected chi connectivity index (χ0v) is 22.3. The molecule has 0 atom stereocenters. The maximum atomic E-state index is 14.6. The second-order valence-electron chi connectivity index (χ2n) is 9.89. The lowest BCUT2D eigenvalue weighted by Gasteiger charge is -2.27. The molecule has 1 saturated carbocycles. The van der Waals surface area contributed by atoms with Gasteiger partial charge in [-0.1, -0.05) is 12.1 Å². The molecule has 0 heterocycles. The second kappa shape index (κ2) is 12.9. The van der Waals surface area contributed by atoms with Gasteiger partial charge >= 0.3 is 0 Å². The number of hydrogen-bond acceptors (Lipinski definition) is 4. The van der Waals surface area contributed by atoms with Crippen molar-refractivity contribution in [3.63, 3.8) is 0 Å². The third-order valence-electron chi connectivity index (χ3n) is 6.41. The highest BCUT2D eigenvalue weighted by molar-refractivity contribution is 6.14. The molecule has 0 saturated heterocycles. The normalized spacial score (nSPS) is 17.4. The highest BCUT2D eigenvalue weighted by Crippen LogP contribution is 2.30. The van der Waals surface area contributed by atoms with Crippen molar-refractivity contribution in [3.05, 3.63) is 112 Å². The van der Waals surface area contributed by atoms with Crippen LogP contribution in [-0.2, 0) is 4.79 Å². The van der Waals surface area contributed by atoms with Crippen molar-refractivity contribution in [3.8, 4) is 5.75 Å². The first-order valence-corrected chi connectivity index (χ1v) is 12.7. The summed E-state index contributed by atoms with van der Waals surface area (Å²) in [6.07, 6.45) is 2.82. The Hall–Kier alpha value is -4.31. The van der Waals surface area contributed by atoms with Crippen molar-refractivity contribution in [1.82, 2.24) is 10.2 Å². The lowest BCUT2D eigenvalue weighted by Crippen LogP contribution is -2.39. The molecule has 3 aromatic carbocycles. The molecule has 3 aromatic rings. The summed E-state index contributed by atoms with van der Waals surface area (Å²) >= 11 is 0. The van der Waals surface area contributed by atoms with E-state index in [1.165, 1.54) is 36.4 Å². The molecule has 5 nitrogen and oxygen atoms in total. The van der Waals surface area contributed by atoms with E-state index in [0.29, 0.717) is 6.54 Å². The van der Waals surface area contributed by atoms with Gasteiger partial charge in [-0.3, -0.25) is 9.59 Å². The fourth-order valence-electron chi connectivity index (χ4n) is 4.32. The standard InChI is InChI=1S/C31H27F5N2O3/c1-38(2)9-10-41-29-8-5-20(17-28(29)36)31(40)37-23-15-21(11-18-3-6-24(32)26(34)13-18)30(39)22(16-23)12-19-4-7-25(33)27(35)14-19/h3-8,11-14,17,23H,9-10,15-16H2,1-2H3,(H,37,40). The van der Waals surface area contributed by atoms with E-state index in [9.17, 15) is 31.5 Å². The van der Waals surface area contributed by atoms with E-state index in [0.717, 1.165) is 30.3 Å². The van der Waals surface area contributed by atoms with E-state index in [1.54, 1.807) is 0 Å². The van der Waals surface area contributed by atoms with Crippen LogP contribution in [0.1, 0.15) is 34.3 Å². The molecule has 1 N–H and O–H groups in total. The monoisotopic (exact) mass is 570 g/mol. The molecule has 41 heavy (non-hydrogen) atoms. The number of nitrogens with zero attached hydrogens (tertiary/aromatic N) is 1. The second-order valence-corrected chi connectivity index (χ2v) is 9.89. The van der Waals surface area contributed by atoms with Crippen LogP contribution >= 0.6 is 0 Å². The highest BCUT2D eigenvalue weighted by atomic mass is 19.2. The van der Waals surface area contributed by atoms with E-state index in [4.69, 9.17) is 4.74 Å². The summed E-state index contributed by atoms with van der Waals surface area (Å²) in [6.45, 7) is 0.828. The van der Waals surface area contributed by atoms with E-state index < -0.39 is 46.8 Å². The van der Waals surface area contributed by atoms with Crippen LogP contribution in [0.5, 0.6) is 5.75 Å². The Labute approximate surface area is 233 Å². The molecule has 0 unspecified atom stereocenters. The fraction of sp³-hybridized carbons (Fsp3) is 0.226. The van der Waals surface area contributed by atoms with Crippen LogP contribution in [0.2, 0.25) is 0 Å². The number of likely N-dealkylation sites (N-methyl/N-ethyl adjacent to an activating group) is 1. The minimum absolute atomic E-state index is 0.000150. The van der Waals surface area contributed by atoms with Crippen LogP contribution in [-0.4, -0.2) is 49.9 Å². The van der Waals surface area contributed by atoms with E-state index in [1.807, 2.05) is 19.0 Å². The van der Waals surface area contributed by atoms with Gasteiger partial charge in [0.1, 0.15) is 6.61 Å². The van der Waals surface area contributed by atoms with Crippen LogP contribution < -0.4 is 10.1 Å². The molecule has 10 heteroatoms. The maximum Gasteiger partial charge on any atom is 0.251 e. The predicted molar refractivity (Wildman–Crippen MR) is 145 cm³/mol. The Kier molecular flexibility index (Phi) is 9.34. The van der Waals surface area contributed by atoms with Crippen LogP contribution in [0.3, 0.4) is 0 Å². The first-order chi connectivity index (χ1) is 19.5. The number of amides is 1. The molecule has 0 radical (unpaired) electrons. The van der Waals surface area contributed by atoms with Gasteiger partial charge in [0.25, 0.3) is 5.91 Å². The number of carbonyl (C=O) groups excluding carboxylic acids is 2. The van der Waals surface area contributed by atoms with Gasteiger partial charge < -0.3 is 15.0 Å². The maximum absolute atomic E-state index is 14.6. The van der Waals surface area contributed by atoms with Gasteiger partial charge in [0, 0.05) is 29.3 Å². The molecule has 214 valence electrons. The summed E-state index contributed by atoms with van der Waals surface area (Å²) in [7, 11) is 3.70. The summed E-state index contributed by atoms with van der Waals surface area (Å²) in [4.78, 5) is 28.2. The number of nitrogens with one attached hydrogen (secondary N) is 1. The Morgan fingerprint density at radius 3 is 1.88 bits per heavy atom. The number of ether oxygens (including phenoxy) is 1. The lowest BCUT2D eigenvalue weighted by molar-refractivity contribution is -0.113. The summed E-state index contributed by atoms with van der Waals surface area (Å²) < 4.78 is 74.5. The van der Waals surface area contributed by atoms with Crippen LogP contribution in [0.15, 0.2) is 65.7 Å². The van der Waals surface area contributed by atoms with Gasteiger partial charge in [0.15, 0.2) is 40.6 Å². The zero-order chi connectivity index (χ0) is 29.7. The Bertz CT molecular complexity index is 1460. The number of Topliss-reactive ketones (excluding diaryl/α,β-unsaturated/α-hetero) is 1. The lowest BCUT2D eigenvalue weighted by atomic mass is 9.83. The molecule has 0 aromatic heterocycles. The van der Waals surface area contributed by atoms with Crippen LogP contribution in [0.4, 0.5) is 22.0 Å². The minimum atomic E-state index is -1.10. The largest absolute Gasteiger partial charge is 0.489 e. The number of rotatable bonds is 8. The average molecular weight is 571 g/mol. The number of halogens is 5. The molecule has 0 spiro atoms. The van der Waals surface area contributed by atoms with Gasteiger partial charge in [0.05, 0.1) is 0 Å². The fourth-order valence-corrected chi connectivity index (χ4v) is 4.32. The Morgan fingerprint density at radius 1 is 0.829 bits per heavy atom. The molecule has 1 amide bonds. The molecular weight excluding hydrogens is 543 g/mol. The summed E-state index contributed by atoms with van der Waals surface area (Å²) in [5.41, 5.74) is 0.822. The van der Waals surface area contributed by atoms with Gasteiger partial charge in [-0.25, -0.2) is 22.0 Å². The third-order valence-corrected chi connectivity index (χ3v) is 6.41. The van der Waals surface area contributed by atoms with Crippen molar-refractivity contribution < 1.29 is 36.3 Å². The van der Waals surface area contributed by atoms with Crippen molar-refractivity contribution in [2.45, 2.75) is 18.9 Å². The molecule has 0 aliphatic heterocycles. The van der Waals surface area contributed by atoms with Gasteiger partial charge in [-0.05, 0) is 92.7 Å². The quantitative estimate of drug-likeness (QED) is 0.269. The smallest absolute Gasteiger partial charge is 0.251 e. The minimum Gasteiger partial charge on any atom is -0.489 e. The third kappa shape index (κ3) is 7.67. The number of benzene rings is 3. The van der Waals surface area contributed by atoms with Crippen LogP contribution in [0.25, 0.3) is 12.2 Å². The van der Waals surface area contributed by atoms with Crippen molar-refractivity contribution >= 4 is 23.8 Å². The summed E-state index contributed by atoms with van der Waals surface area (Å²) in [5.74, 6) is -6.06. The van der Waals surface area contributed by atoms with Crippen molar-refractivity contribution in [2.75, 3.05) is 27.2 Å². The van der Waals surface area contributed by atoms with Crippen molar-refractivity contribution in [1.29, 1.82) is 0 Å². The molecule has 1 aliphatic carbocycles.